The van der Waals surface area contributed by atoms with Gasteiger partial charge in [0.15, 0.2) is 0 Å². The van der Waals surface area contributed by atoms with E-state index >= 15 is 0 Å². The summed E-state index contributed by atoms with van der Waals surface area (Å²) >= 11 is 0. The van der Waals surface area contributed by atoms with Gasteiger partial charge >= 0.3 is 0 Å². The van der Waals surface area contributed by atoms with Crippen molar-refractivity contribution in [2.75, 3.05) is 20.1 Å². The summed E-state index contributed by atoms with van der Waals surface area (Å²) in [6.07, 6.45) is 5.43. The molecule has 1 fully saturated rings. The van der Waals surface area contributed by atoms with Crippen LogP contribution < -0.4 is 5.73 Å². The van der Waals surface area contributed by atoms with Crippen LogP contribution in [0, 0.1) is 11.7 Å². The maximum atomic E-state index is 13.1. The second-order valence-electron chi connectivity index (χ2n) is 5.53. The highest BCUT2D eigenvalue weighted by atomic mass is 19.1. The number of benzene rings is 1. The molecule has 0 radical (unpaired) electrons. The van der Waals surface area contributed by atoms with E-state index in [2.05, 4.69) is 11.9 Å². The summed E-state index contributed by atoms with van der Waals surface area (Å²) in [5, 5.41) is 0. The molecule has 0 heterocycles. The van der Waals surface area contributed by atoms with Crippen molar-refractivity contribution in [1.29, 1.82) is 0 Å². The lowest BCUT2D eigenvalue weighted by Gasteiger charge is -2.24. The van der Waals surface area contributed by atoms with Crippen LogP contribution in [0.4, 0.5) is 4.39 Å². The molecule has 3 heteroatoms. The van der Waals surface area contributed by atoms with Gasteiger partial charge in [0.25, 0.3) is 0 Å². The van der Waals surface area contributed by atoms with Crippen molar-refractivity contribution >= 4 is 0 Å². The number of likely N-dealkylation sites (N-methyl/N-ethyl adjacent to an activating group) is 1. The minimum Gasteiger partial charge on any atom is -0.323 e. The van der Waals surface area contributed by atoms with E-state index in [1.54, 1.807) is 6.07 Å². The molecule has 1 aliphatic carbocycles. The van der Waals surface area contributed by atoms with Gasteiger partial charge in [-0.25, -0.2) is 4.39 Å². The number of nitrogens with two attached hydrogens (primary N) is 1. The zero-order valence-electron chi connectivity index (χ0n) is 11.1. The summed E-state index contributed by atoms with van der Waals surface area (Å²) in [7, 11) is 2.11. The number of halogens is 1. The molecular formula is C15H23FN2. The van der Waals surface area contributed by atoms with Crippen LogP contribution in [0.1, 0.15) is 37.3 Å². The lowest BCUT2D eigenvalue weighted by molar-refractivity contribution is 0.263. The van der Waals surface area contributed by atoms with Gasteiger partial charge in [-0.3, -0.25) is 0 Å². The first-order chi connectivity index (χ1) is 8.65. The molecule has 1 aliphatic rings. The van der Waals surface area contributed by atoms with E-state index in [-0.39, 0.29) is 11.9 Å². The monoisotopic (exact) mass is 250 g/mol. The van der Waals surface area contributed by atoms with E-state index in [0.717, 1.165) is 24.6 Å². The van der Waals surface area contributed by atoms with E-state index < -0.39 is 0 Å². The lowest BCUT2D eigenvalue weighted by Crippen LogP contribution is -2.32. The first-order valence-electron chi connectivity index (χ1n) is 6.85. The van der Waals surface area contributed by atoms with Gasteiger partial charge in [0.05, 0.1) is 0 Å². The average Bonchev–Trinajstić information content (AvgIpc) is 2.81. The zero-order valence-corrected chi connectivity index (χ0v) is 11.1. The maximum Gasteiger partial charge on any atom is 0.123 e. The Balaban J connectivity index is 1.84. The molecule has 0 bridgehead atoms. The molecule has 0 aromatic heterocycles. The Labute approximate surface area is 109 Å². The van der Waals surface area contributed by atoms with Gasteiger partial charge in [0, 0.05) is 19.1 Å². The summed E-state index contributed by atoms with van der Waals surface area (Å²) in [4.78, 5) is 2.28. The maximum absolute atomic E-state index is 13.1. The Morgan fingerprint density at radius 1 is 1.39 bits per heavy atom. The standard InChI is InChI=1S/C15H23FN2/c1-18(10-12-5-2-3-6-12)11-15(17)13-7-4-8-14(16)9-13/h4,7-9,12,15H,2-3,5-6,10-11,17H2,1H3. The van der Waals surface area contributed by atoms with Crippen LogP contribution in [0.2, 0.25) is 0 Å². The van der Waals surface area contributed by atoms with Gasteiger partial charge in [-0.05, 0) is 43.5 Å². The van der Waals surface area contributed by atoms with Crippen molar-refractivity contribution < 1.29 is 4.39 Å². The number of hydrogen-bond donors (Lipinski definition) is 1. The van der Waals surface area contributed by atoms with Gasteiger partial charge in [-0.1, -0.05) is 25.0 Å². The molecule has 1 saturated carbocycles. The molecule has 1 atom stereocenters. The Hall–Kier alpha value is -0.930. The molecule has 2 N–H and O–H groups in total. The third-order valence-electron chi connectivity index (χ3n) is 3.83. The fourth-order valence-electron chi connectivity index (χ4n) is 2.89. The predicted octanol–water partition coefficient (Wildman–Crippen LogP) is 2.95. The van der Waals surface area contributed by atoms with Gasteiger partial charge in [0.1, 0.15) is 5.82 Å². The van der Waals surface area contributed by atoms with Crippen LogP contribution in [0.3, 0.4) is 0 Å². The zero-order chi connectivity index (χ0) is 13.0. The fraction of sp³-hybridized carbons (Fsp3) is 0.600. The minimum absolute atomic E-state index is 0.105. The van der Waals surface area contributed by atoms with E-state index in [0.29, 0.717) is 0 Å². The Morgan fingerprint density at radius 3 is 2.78 bits per heavy atom. The second kappa shape index (κ2) is 6.30. The average molecular weight is 250 g/mol. The van der Waals surface area contributed by atoms with E-state index in [9.17, 15) is 4.39 Å². The minimum atomic E-state index is -0.207. The third-order valence-corrected chi connectivity index (χ3v) is 3.83. The normalized spacial score (nSPS) is 18.4. The molecule has 18 heavy (non-hydrogen) atoms. The van der Waals surface area contributed by atoms with Gasteiger partial charge in [-0.15, -0.1) is 0 Å². The predicted molar refractivity (Wildman–Crippen MR) is 72.8 cm³/mol. The SMILES string of the molecule is CN(CC1CCCC1)CC(N)c1cccc(F)c1. The summed E-state index contributed by atoms with van der Waals surface area (Å²) in [6, 6.07) is 6.51. The number of nitrogens with zero attached hydrogens (tertiary/aromatic N) is 1. The molecule has 0 spiro atoms. The topological polar surface area (TPSA) is 29.3 Å². The van der Waals surface area contributed by atoms with E-state index in [4.69, 9.17) is 5.73 Å². The van der Waals surface area contributed by atoms with Gasteiger partial charge in [0.2, 0.25) is 0 Å². The summed E-state index contributed by atoms with van der Waals surface area (Å²) < 4.78 is 13.1. The van der Waals surface area contributed by atoms with Crippen LogP contribution in [0.25, 0.3) is 0 Å². The first kappa shape index (κ1) is 13.5. The van der Waals surface area contributed by atoms with Gasteiger partial charge < -0.3 is 10.6 Å². The van der Waals surface area contributed by atoms with Crippen molar-refractivity contribution in [3.05, 3.63) is 35.6 Å². The third kappa shape index (κ3) is 3.79. The molecule has 2 nitrogen and oxygen atoms in total. The number of rotatable bonds is 5. The highest BCUT2D eigenvalue weighted by Gasteiger charge is 2.18. The summed E-state index contributed by atoms with van der Waals surface area (Å²) in [5.41, 5.74) is 7.01. The van der Waals surface area contributed by atoms with Gasteiger partial charge in [-0.2, -0.15) is 0 Å². The summed E-state index contributed by atoms with van der Waals surface area (Å²) in [5.74, 6) is 0.621. The molecule has 1 aromatic carbocycles. The molecule has 0 saturated heterocycles. The fourth-order valence-corrected chi connectivity index (χ4v) is 2.89. The van der Waals surface area contributed by atoms with Crippen LogP contribution in [-0.2, 0) is 0 Å². The highest BCUT2D eigenvalue weighted by molar-refractivity contribution is 5.20. The van der Waals surface area contributed by atoms with Crippen LogP contribution in [-0.4, -0.2) is 25.0 Å². The Morgan fingerprint density at radius 2 is 2.11 bits per heavy atom. The highest BCUT2D eigenvalue weighted by Crippen LogP contribution is 2.25. The molecule has 0 aliphatic heterocycles. The van der Waals surface area contributed by atoms with E-state index in [1.165, 1.54) is 37.8 Å². The van der Waals surface area contributed by atoms with Crippen LogP contribution >= 0.6 is 0 Å². The smallest absolute Gasteiger partial charge is 0.123 e. The van der Waals surface area contributed by atoms with Crippen LogP contribution in [0.5, 0.6) is 0 Å². The Bertz CT molecular complexity index is 375. The largest absolute Gasteiger partial charge is 0.323 e. The molecule has 100 valence electrons. The van der Waals surface area contributed by atoms with E-state index in [1.807, 2.05) is 6.07 Å². The lowest BCUT2D eigenvalue weighted by atomic mass is 10.1. The van der Waals surface area contributed by atoms with Crippen molar-refractivity contribution in [3.63, 3.8) is 0 Å². The molecular weight excluding hydrogens is 227 g/mol. The van der Waals surface area contributed by atoms with Crippen molar-refractivity contribution in [2.24, 2.45) is 11.7 Å². The van der Waals surface area contributed by atoms with Crippen LogP contribution in [0.15, 0.2) is 24.3 Å². The number of hydrogen-bond acceptors (Lipinski definition) is 2. The first-order valence-corrected chi connectivity index (χ1v) is 6.85. The van der Waals surface area contributed by atoms with Crippen molar-refractivity contribution in [1.82, 2.24) is 4.90 Å². The molecule has 2 rings (SSSR count). The Kier molecular flexibility index (Phi) is 4.72. The quantitative estimate of drug-likeness (QED) is 0.870. The molecule has 1 aromatic rings. The summed E-state index contributed by atoms with van der Waals surface area (Å²) in [6.45, 7) is 1.91. The second-order valence-corrected chi connectivity index (χ2v) is 5.53. The molecule has 0 amide bonds. The van der Waals surface area contributed by atoms with Crippen molar-refractivity contribution in [2.45, 2.75) is 31.7 Å². The molecule has 1 unspecified atom stereocenters. The van der Waals surface area contributed by atoms with Crippen molar-refractivity contribution in [3.8, 4) is 0 Å².